The standard InChI is InChI=1S/C18H22N2O5S/c1-13(12-25-17-8-6-16(24-3)7-9-17)20-26(22,23)18-10-4-15(5-11-18)19-14(2)21/h4-11,13,20H,12H2,1-3H3,(H,19,21)/t13-/m1/s1. The van der Waals surface area contributed by atoms with Crippen LogP contribution in [-0.4, -0.2) is 34.1 Å². The zero-order chi connectivity index (χ0) is 19.2. The van der Waals surface area contributed by atoms with Crippen molar-refractivity contribution < 1.29 is 22.7 Å². The Bertz CT molecular complexity index is 833. The number of anilines is 1. The Balaban J connectivity index is 1.93. The maximum absolute atomic E-state index is 12.4. The predicted octanol–water partition coefficient (Wildman–Crippen LogP) is 2.40. The lowest BCUT2D eigenvalue weighted by Crippen LogP contribution is -2.36. The third kappa shape index (κ3) is 5.75. The molecule has 26 heavy (non-hydrogen) atoms. The van der Waals surface area contributed by atoms with Gasteiger partial charge in [-0.05, 0) is 55.5 Å². The van der Waals surface area contributed by atoms with Crippen LogP contribution in [0.4, 0.5) is 5.69 Å². The van der Waals surface area contributed by atoms with E-state index in [2.05, 4.69) is 10.0 Å². The van der Waals surface area contributed by atoms with Crippen molar-refractivity contribution in [2.24, 2.45) is 0 Å². The van der Waals surface area contributed by atoms with Crippen LogP contribution < -0.4 is 19.5 Å². The number of ether oxygens (including phenoxy) is 2. The Hall–Kier alpha value is -2.58. The average molecular weight is 378 g/mol. The number of benzene rings is 2. The second kappa shape index (κ2) is 8.68. The number of sulfonamides is 1. The quantitative estimate of drug-likeness (QED) is 0.736. The number of methoxy groups -OCH3 is 1. The topological polar surface area (TPSA) is 93.7 Å². The smallest absolute Gasteiger partial charge is 0.240 e. The van der Waals surface area contributed by atoms with E-state index in [4.69, 9.17) is 9.47 Å². The zero-order valence-electron chi connectivity index (χ0n) is 14.9. The van der Waals surface area contributed by atoms with Gasteiger partial charge in [-0.1, -0.05) is 0 Å². The molecule has 2 rings (SSSR count). The number of hydrogen-bond donors (Lipinski definition) is 2. The molecule has 2 N–H and O–H groups in total. The molecular weight excluding hydrogens is 356 g/mol. The molecule has 2 aromatic rings. The third-order valence-electron chi connectivity index (χ3n) is 3.40. The van der Waals surface area contributed by atoms with E-state index in [1.807, 2.05) is 0 Å². The van der Waals surface area contributed by atoms with Gasteiger partial charge >= 0.3 is 0 Å². The zero-order valence-corrected chi connectivity index (χ0v) is 15.7. The summed E-state index contributed by atoms with van der Waals surface area (Å²) in [5.74, 6) is 1.12. The Morgan fingerprint density at radius 1 is 1.04 bits per heavy atom. The molecule has 0 aliphatic rings. The molecule has 0 saturated heterocycles. The molecule has 0 spiro atoms. The predicted molar refractivity (Wildman–Crippen MR) is 99.0 cm³/mol. The van der Waals surface area contributed by atoms with E-state index < -0.39 is 16.1 Å². The summed E-state index contributed by atoms with van der Waals surface area (Å²) in [6.07, 6.45) is 0. The van der Waals surface area contributed by atoms with Crippen LogP contribution in [0.5, 0.6) is 11.5 Å². The first-order valence-corrected chi connectivity index (χ1v) is 9.45. The van der Waals surface area contributed by atoms with Gasteiger partial charge < -0.3 is 14.8 Å². The number of hydrogen-bond acceptors (Lipinski definition) is 5. The number of nitrogens with one attached hydrogen (secondary N) is 2. The molecule has 1 amide bonds. The highest BCUT2D eigenvalue weighted by atomic mass is 32.2. The van der Waals surface area contributed by atoms with Crippen molar-refractivity contribution in [1.82, 2.24) is 4.72 Å². The summed E-state index contributed by atoms with van der Waals surface area (Å²) in [5.41, 5.74) is 0.535. The van der Waals surface area contributed by atoms with Crippen LogP contribution in [0.25, 0.3) is 0 Å². The molecule has 1 atom stereocenters. The van der Waals surface area contributed by atoms with Crippen LogP contribution in [0.3, 0.4) is 0 Å². The van der Waals surface area contributed by atoms with Gasteiger partial charge in [-0.2, -0.15) is 0 Å². The molecule has 0 aliphatic heterocycles. The van der Waals surface area contributed by atoms with E-state index in [-0.39, 0.29) is 17.4 Å². The minimum Gasteiger partial charge on any atom is -0.497 e. The van der Waals surface area contributed by atoms with E-state index in [0.717, 1.165) is 0 Å². The minimum absolute atomic E-state index is 0.114. The number of carbonyl (C=O) groups excluding carboxylic acids is 1. The van der Waals surface area contributed by atoms with Crippen molar-refractivity contribution in [1.29, 1.82) is 0 Å². The van der Waals surface area contributed by atoms with Crippen molar-refractivity contribution in [2.45, 2.75) is 24.8 Å². The highest BCUT2D eigenvalue weighted by Crippen LogP contribution is 2.18. The van der Waals surface area contributed by atoms with Gasteiger partial charge in [0.2, 0.25) is 15.9 Å². The Kier molecular flexibility index (Phi) is 6.59. The number of rotatable bonds is 8. The summed E-state index contributed by atoms with van der Waals surface area (Å²) in [5, 5.41) is 2.59. The summed E-state index contributed by atoms with van der Waals surface area (Å²) in [4.78, 5) is 11.1. The summed E-state index contributed by atoms with van der Waals surface area (Å²) in [6.45, 7) is 3.28. The summed E-state index contributed by atoms with van der Waals surface area (Å²) in [6, 6.07) is 12.5. The largest absolute Gasteiger partial charge is 0.497 e. The van der Waals surface area contributed by atoms with Crippen molar-refractivity contribution in [2.75, 3.05) is 19.0 Å². The summed E-state index contributed by atoms with van der Waals surface area (Å²) >= 11 is 0. The van der Waals surface area contributed by atoms with Gasteiger partial charge in [-0.3, -0.25) is 4.79 Å². The highest BCUT2D eigenvalue weighted by Gasteiger charge is 2.17. The molecule has 0 bridgehead atoms. The monoisotopic (exact) mass is 378 g/mol. The van der Waals surface area contributed by atoms with Crippen LogP contribution in [-0.2, 0) is 14.8 Å². The molecule has 0 aliphatic carbocycles. The summed E-state index contributed by atoms with van der Waals surface area (Å²) < 4.78 is 38.0. The van der Waals surface area contributed by atoms with Gasteiger partial charge in [0, 0.05) is 12.6 Å². The lowest BCUT2D eigenvalue weighted by Gasteiger charge is -2.15. The SMILES string of the molecule is COc1ccc(OC[C@@H](C)NS(=O)(=O)c2ccc(NC(C)=O)cc2)cc1. The molecule has 0 fully saturated rings. The molecule has 7 nitrogen and oxygen atoms in total. The van der Waals surface area contributed by atoms with Crippen LogP contribution in [0.1, 0.15) is 13.8 Å². The van der Waals surface area contributed by atoms with Crippen molar-refractivity contribution in [3.8, 4) is 11.5 Å². The molecule has 8 heteroatoms. The van der Waals surface area contributed by atoms with Gasteiger partial charge in [0.05, 0.1) is 18.0 Å². The fraction of sp³-hybridized carbons (Fsp3) is 0.278. The van der Waals surface area contributed by atoms with Crippen molar-refractivity contribution >= 4 is 21.6 Å². The maximum Gasteiger partial charge on any atom is 0.240 e. The van der Waals surface area contributed by atoms with Crippen LogP contribution in [0.15, 0.2) is 53.4 Å². The first-order chi connectivity index (χ1) is 12.3. The second-order valence-electron chi connectivity index (χ2n) is 5.71. The van der Waals surface area contributed by atoms with Crippen molar-refractivity contribution in [3.05, 3.63) is 48.5 Å². The van der Waals surface area contributed by atoms with Gasteiger partial charge in [-0.25, -0.2) is 13.1 Å². The molecule has 2 aromatic carbocycles. The summed E-state index contributed by atoms with van der Waals surface area (Å²) in [7, 11) is -2.10. The first-order valence-electron chi connectivity index (χ1n) is 7.97. The van der Waals surface area contributed by atoms with Gasteiger partial charge in [0.15, 0.2) is 0 Å². The van der Waals surface area contributed by atoms with E-state index in [1.54, 1.807) is 38.3 Å². The van der Waals surface area contributed by atoms with E-state index >= 15 is 0 Å². The molecule has 0 aromatic heterocycles. The van der Waals surface area contributed by atoms with Crippen LogP contribution in [0.2, 0.25) is 0 Å². The first kappa shape index (κ1) is 19.7. The lowest BCUT2D eigenvalue weighted by molar-refractivity contribution is -0.114. The highest BCUT2D eigenvalue weighted by molar-refractivity contribution is 7.89. The number of amides is 1. The molecule has 140 valence electrons. The third-order valence-corrected chi connectivity index (χ3v) is 5.01. The molecule has 0 heterocycles. The molecule has 0 unspecified atom stereocenters. The normalized spacial score (nSPS) is 12.3. The molecular formula is C18H22N2O5S. The van der Waals surface area contributed by atoms with Crippen molar-refractivity contribution in [3.63, 3.8) is 0 Å². The second-order valence-corrected chi connectivity index (χ2v) is 7.43. The Morgan fingerprint density at radius 3 is 2.15 bits per heavy atom. The molecule has 0 radical (unpaired) electrons. The number of carbonyl (C=O) groups is 1. The van der Waals surface area contributed by atoms with Gasteiger partial charge in [0.1, 0.15) is 18.1 Å². The van der Waals surface area contributed by atoms with Gasteiger partial charge in [-0.15, -0.1) is 0 Å². The van der Waals surface area contributed by atoms with Gasteiger partial charge in [0.25, 0.3) is 0 Å². The molecule has 0 saturated carbocycles. The van der Waals surface area contributed by atoms with Crippen LogP contribution >= 0.6 is 0 Å². The fourth-order valence-corrected chi connectivity index (χ4v) is 3.41. The average Bonchev–Trinajstić information content (AvgIpc) is 2.60. The minimum atomic E-state index is -3.68. The van der Waals surface area contributed by atoms with E-state index in [1.165, 1.54) is 31.2 Å². The van der Waals surface area contributed by atoms with Crippen LogP contribution in [0, 0.1) is 0 Å². The Labute approximate surface area is 153 Å². The fourth-order valence-electron chi connectivity index (χ4n) is 2.18. The Morgan fingerprint density at radius 2 is 1.62 bits per heavy atom. The van der Waals surface area contributed by atoms with E-state index in [9.17, 15) is 13.2 Å². The maximum atomic E-state index is 12.4. The lowest BCUT2D eigenvalue weighted by atomic mass is 10.3. The van der Waals surface area contributed by atoms with E-state index in [0.29, 0.717) is 17.2 Å².